The Morgan fingerprint density at radius 3 is 1.81 bits per heavy atom. The lowest BCUT2D eigenvalue weighted by atomic mass is 9.32. The standard InChI is InChI=1S/C30H52O/c1-25(2)15-9-16-28(6)22(25)14-19-30(8)24(28)11-10-23-27(5)17-12-20(26(3,4)31)21(27)13-18-29(23,30)7/h20-24,31H,9-19H2,1-8H3/t20-,21-,22+,23-,24+,27-,28-,29+,30+/m0/s1. The quantitative estimate of drug-likeness (QED) is 0.445. The minimum absolute atomic E-state index is 0.440. The molecule has 1 N–H and O–H groups in total. The number of hydrogen-bond donors (Lipinski definition) is 1. The van der Waals surface area contributed by atoms with E-state index in [0.29, 0.717) is 33.0 Å². The predicted octanol–water partition coefficient (Wildman–Crippen LogP) is 8.25. The van der Waals surface area contributed by atoms with Crippen molar-refractivity contribution in [2.75, 3.05) is 0 Å². The van der Waals surface area contributed by atoms with Gasteiger partial charge in [-0.05, 0) is 135 Å². The average Bonchev–Trinajstić information content (AvgIpc) is 2.99. The summed E-state index contributed by atoms with van der Waals surface area (Å²) in [7, 11) is 0. The van der Waals surface area contributed by atoms with Crippen LogP contribution in [0, 0.1) is 56.7 Å². The summed E-state index contributed by atoms with van der Waals surface area (Å²) in [5.74, 6) is 3.91. The van der Waals surface area contributed by atoms with Crippen molar-refractivity contribution in [3.05, 3.63) is 0 Å². The minimum Gasteiger partial charge on any atom is -0.390 e. The third-order valence-corrected chi connectivity index (χ3v) is 13.6. The predicted molar refractivity (Wildman–Crippen MR) is 131 cm³/mol. The van der Waals surface area contributed by atoms with E-state index in [2.05, 4.69) is 55.4 Å². The van der Waals surface area contributed by atoms with Gasteiger partial charge in [0.1, 0.15) is 0 Å². The summed E-state index contributed by atoms with van der Waals surface area (Å²) >= 11 is 0. The molecular weight excluding hydrogens is 376 g/mol. The fraction of sp³-hybridized carbons (Fsp3) is 1.00. The van der Waals surface area contributed by atoms with Crippen LogP contribution in [0.15, 0.2) is 0 Å². The summed E-state index contributed by atoms with van der Waals surface area (Å²) in [4.78, 5) is 0. The van der Waals surface area contributed by atoms with Crippen LogP contribution in [0.4, 0.5) is 0 Å². The summed E-state index contributed by atoms with van der Waals surface area (Å²) in [6.45, 7) is 20.3. The summed E-state index contributed by atoms with van der Waals surface area (Å²) in [5, 5.41) is 11.0. The third-order valence-electron chi connectivity index (χ3n) is 13.6. The zero-order valence-electron chi connectivity index (χ0n) is 22.1. The molecular formula is C30H52O. The van der Waals surface area contributed by atoms with Crippen molar-refractivity contribution in [2.24, 2.45) is 56.7 Å². The Hall–Kier alpha value is -0.0400. The van der Waals surface area contributed by atoms with Crippen molar-refractivity contribution >= 4 is 0 Å². The second kappa shape index (κ2) is 6.55. The fourth-order valence-electron chi connectivity index (χ4n) is 12.1. The molecule has 0 amide bonds. The van der Waals surface area contributed by atoms with E-state index in [1.165, 1.54) is 70.6 Å². The van der Waals surface area contributed by atoms with Gasteiger partial charge in [0.2, 0.25) is 0 Å². The van der Waals surface area contributed by atoms with Crippen LogP contribution in [-0.2, 0) is 0 Å². The van der Waals surface area contributed by atoms with Crippen molar-refractivity contribution in [3.8, 4) is 0 Å². The van der Waals surface area contributed by atoms with E-state index in [-0.39, 0.29) is 0 Å². The highest BCUT2D eigenvalue weighted by molar-refractivity contribution is 5.19. The normalized spacial score (nSPS) is 56.2. The van der Waals surface area contributed by atoms with Crippen LogP contribution in [-0.4, -0.2) is 10.7 Å². The summed E-state index contributed by atoms with van der Waals surface area (Å²) in [5.41, 5.74) is 1.97. The van der Waals surface area contributed by atoms with Gasteiger partial charge in [-0.1, -0.05) is 48.0 Å². The molecule has 0 aromatic heterocycles. The van der Waals surface area contributed by atoms with E-state index >= 15 is 0 Å². The smallest absolute Gasteiger partial charge is 0.0622 e. The van der Waals surface area contributed by atoms with Crippen molar-refractivity contribution in [1.29, 1.82) is 0 Å². The fourth-order valence-corrected chi connectivity index (χ4v) is 12.1. The molecule has 5 fully saturated rings. The molecule has 0 aliphatic heterocycles. The lowest BCUT2D eigenvalue weighted by molar-refractivity contribution is -0.243. The minimum atomic E-state index is -0.517. The van der Waals surface area contributed by atoms with E-state index in [0.717, 1.165) is 23.7 Å². The third kappa shape index (κ3) is 2.77. The SMILES string of the molecule is CC(C)(O)[C@H]1CC[C@@]2(C)[C@H]1CC[C@]1(C)[C@H]2CC[C@@H]2[C@@]3(C)CCCC(C)(C)[C@H]3CC[C@]21C. The molecule has 0 heterocycles. The van der Waals surface area contributed by atoms with E-state index in [1.54, 1.807) is 0 Å². The first-order chi connectivity index (χ1) is 14.2. The van der Waals surface area contributed by atoms with Gasteiger partial charge in [0.15, 0.2) is 0 Å². The molecule has 0 aromatic carbocycles. The van der Waals surface area contributed by atoms with Gasteiger partial charge < -0.3 is 5.11 Å². The first-order valence-corrected chi connectivity index (χ1v) is 13.9. The molecule has 5 rings (SSSR count). The maximum absolute atomic E-state index is 11.0. The zero-order valence-corrected chi connectivity index (χ0v) is 22.1. The Bertz CT molecular complexity index is 731. The average molecular weight is 429 g/mol. The van der Waals surface area contributed by atoms with Crippen molar-refractivity contribution in [3.63, 3.8) is 0 Å². The lowest BCUT2D eigenvalue weighted by Crippen LogP contribution is -2.66. The molecule has 31 heavy (non-hydrogen) atoms. The van der Waals surface area contributed by atoms with Crippen molar-refractivity contribution < 1.29 is 5.11 Å². The number of fused-ring (bicyclic) bond motifs is 7. The first kappa shape index (κ1) is 22.7. The van der Waals surface area contributed by atoms with Crippen LogP contribution in [0.3, 0.4) is 0 Å². The van der Waals surface area contributed by atoms with E-state index in [1.807, 2.05) is 0 Å². The second-order valence-electron chi connectivity index (χ2n) is 15.4. The molecule has 0 radical (unpaired) electrons. The number of aliphatic hydroxyl groups is 1. The summed E-state index contributed by atoms with van der Waals surface area (Å²) in [6.07, 6.45) is 15.5. The first-order valence-electron chi connectivity index (χ1n) is 13.9. The van der Waals surface area contributed by atoms with E-state index in [9.17, 15) is 5.11 Å². The van der Waals surface area contributed by atoms with E-state index < -0.39 is 5.60 Å². The number of hydrogen-bond acceptors (Lipinski definition) is 1. The topological polar surface area (TPSA) is 20.2 Å². The maximum Gasteiger partial charge on any atom is 0.0622 e. The van der Waals surface area contributed by atoms with Gasteiger partial charge in [-0.25, -0.2) is 0 Å². The van der Waals surface area contributed by atoms with Gasteiger partial charge in [0.25, 0.3) is 0 Å². The van der Waals surface area contributed by atoms with Crippen LogP contribution >= 0.6 is 0 Å². The van der Waals surface area contributed by atoms with Crippen LogP contribution in [0.2, 0.25) is 0 Å². The largest absolute Gasteiger partial charge is 0.390 e. The van der Waals surface area contributed by atoms with Gasteiger partial charge in [0, 0.05) is 0 Å². The van der Waals surface area contributed by atoms with Crippen LogP contribution < -0.4 is 0 Å². The van der Waals surface area contributed by atoms with Crippen LogP contribution in [0.1, 0.15) is 126 Å². The van der Waals surface area contributed by atoms with Crippen molar-refractivity contribution in [2.45, 2.75) is 132 Å². The van der Waals surface area contributed by atoms with Gasteiger partial charge in [0.05, 0.1) is 5.60 Å². The summed E-state index contributed by atoms with van der Waals surface area (Å²) < 4.78 is 0. The second-order valence-corrected chi connectivity index (χ2v) is 15.4. The molecule has 0 saturated heterocycles. The molecule has 5 aliphatic rings. The van der Waals surface area contributed by atoms with Gasteiger partial charge in [-0.3, -0.25) is 0 Å². The molecule has 1 heteroatoms. The van der Waals surface area contributed by atoms with Crippen LogP contribution in [0.25, 0.3) is 0 Å². The van der Waals surface area contributed by atoms with Crippen LogP contribution in [0.5, 0.6) is 0 Å². The molecule has 0 unspecified atom stereocenters. The number of rotatable bonds is 1. The molecule has 5 saturated carbocycles. The Morgan fingerprint density at radius 2 is 1.19 bits per heavy atom. The highest BCUT2D eigenvalue weighted by atomic mass is 16.3. The molecule has 0 spiro atoms. The Labute approximate surface area is 193 Å². The van der Waals surface area contributed by atoms with Gasteiger partial charge in [-0.2, -0.15) is 0 Å². The Balaban J connectivity index is 1.52. The monoisotopic (exact) mass is 428 g/mol. The molecule has 178 valence electrons. The molecule has 0 bridgehead atoms. The van der Waals surface area contributed by atoms with Gasteiger partial charge >= 0.3 is 0 Å². The lowest BCUT2D eigenvalue weighted by Gasteiger charge is -2.73. The zero-order chi connectivity index (χ0) is 22.7. The molecule has 0 aromatic rings. The Morgan fingerprint density at radius 1 is 0.613 bits per heavy atom. The molecule has 1 nitrogen and oxygen atoms in total. The van der Waals surface area contributed by atoms with Crippen molar-refractivity contribution in [1.82, 2.24) is 0 Å². The maximum atomic E-state index is 11.0. The summed E-state index contributed by atoms with van der Waals surface area (Å²) in [6, 6.07) is 0. The molecule has 9 atom stereocenters. The Kier molecular flexibility index (Phi) is 4.80. The van der Waals surface area contributed by atoms with Gasteiger partial charge in [-0.15, -0.1) is 0 Å². The highest BCUT2D eigenvalue weighted by Gasteiger charge is 2.70. The van der Waals surface area contributed by atoms with E-state index in [4.69, 9.17) is 0 Å². The molecule has 5 aliphatic carbocycles. The highest BCUT2D eigenvalue weighted by Crippen LogP contribution is 2.78.